The largest absolute Gasteiger partial charge is 0.326 e. The summed E-state index contributed by atoms with van der Waals surface area (Å²) in [4.78, 5) is 5.34. The van der Waals surface area contributed by atoms with Gasteiger partial charge in [-0.2, -0.15) is 0 Å². The maximum Gasteiger partial charge on any atom is 0.0594 e. The number of hydrogen-bond donors (Lipinski definition) is 1. The molecule has 2 unspecified atom stereocenters. The highest BCUT2D eigenvalue weighted by Crippen LogP contribution is 2.37. The van der Waals surface area contributed by atoms with E-state index in [0.717, 1.165) is 13.0 Å². The first-order chi connectivity index (χ1) is 8.13. The van der Waals surface area contributed by atoms with Crippen LogP contribution in [0.15, 0.2) is 10.5 Å². The third-order valence-corrected chi connectivity index (χ3v) is 5.67. The Bertz CT molecular complexity index is 356. The van der Waals surface area contributed by atoms with E-state index in [0.29, 0.717) is 12.1 Å². The number of aryl methyl sites for hydroxylation is 1. The monoisotopic (exact) mass is 316 g/mol. The molecular weight excluding hydrogens is 296 g/mol. The van der Waals surface area contributed by atoms with E-state index in [-0.39, 0.29) is 0 Å². The molecule has 0 aliphatic carbocycles. The summed E-state index contributed by atoms with van der Waals surface area (Å²) in [6.07, 6.45) is 3.59. The molecule has 17 heavy (non-hydrogen) atoms. The summed E-state index contributed by atoms with van der Waals surface area (Å²) in [7, 11) is 0. The lowest BCUT2D eigenvalue weighted by molar-refractivity contribution is 0.131. The number of piperidine rings is 1. The van der Waals surface area contributed by atoms with Crippen LogP contribution in [0.1, 0.15) is 42.0 Å². The smallest absolute Gasteiger partial charge is 0.0594 e. The van der Waals surface area contributed by atoms with Gasteiger partial charge in [-0.1, -0.05) is 6.92 Å². The molecule has 0 amide bonds. The molecule has 0 bridgehead atoms. The molecule has 1 saturated heterocycles. The molecule has 0 aromatic carbocycles. The van der Waals surface area contributed by atoms with Crippen molar-refractivity contribution >= 4 is 27.3 Å². The second kappa shape index (κ2) is 5.83. The zero-order valence-corrected chi connectivity index (χ0v) is 13.0. The van der Waals surface area contributed by atoms with E-state index in [1.165, 1.54) is 33.6 Å². The maximum absolute atomic E-state index is 6.34. The van der Waals surface area contributed by atoms with E-state index in [4.69, 9.17) is 5.73 Å². The van der Waals surface area contributed by atoms with E-state index in [1.807, 2.05) is 11.3 Å². The second-order valence-corrected chi connectivity index (χ2v) is 6.98. The predicted octanol–water partition coefficient (Wildman–Crippen LogP) is 3.69. The highest BCUT2D eigenvalue weighted by Gasteiger charge is 2.31. The van der Waals surface area contributed by atoms with E-state index in [9.17, 15) is 0 Å². The Morgan fingerprint density at radius 1 is 1.59 bits per heavy atom. The van der Waals surface area contributed by atoms with Gasteiger partial charge in [0, 0.05) is 20.3 Å². The molecule has 2 nitrogen and oxygen atoms in total. The quantitative estimate of drug-likeness (QED) is 0.921. The van der Waals surface area contributed by atoms with Crippen molar-refractivity contribution in [3.8, 4) is 0 Å². The van der Waals surface area contributed by atoms with Gasteiger partial charge < -0.3 is 5.73 Å². The number of nitrogens with two attached hydrogens (primary N) is 1. The van der Waals surface area contributed by atoms with Crippen molar-refractivity contribution in [3.05, 3.63) is 20.3 Å². The Kier molecular flexibility index (Phi) is 4.64. The van der Waals surface area contributed by atoms with Crippen molar-refractivity contribution in [1.82, 2.24) is 4.90 Å². The van der Waals surface area contributed by atoms with Gasteiger partial charge in [0.1, 0.15) is 0 Å². The van der Waals surface area contributed by atoms with E-state index in [1.54, 1.807) is 0 Å². The molecule has 2 atom stereocenters. The first kappa shape index (κ1) is 13.5. The molecule has 0 spiro atoms. The zero-order valence-electron chi connectivity index (χ0n) is 10.6. The number of hydrogen-bond acceptors (Lipinski definition) is 3. The summed E-state index contributed by atoms with van der Waals surface area (Å²) in [6.45, 7) is 6.76. The van der Waals surface area contributed by atoms with Crippen molar-refractivity contribution in [2.45, 2.75) is 45.2 Å². The summed E-state index contributed by atoms with van der Waals surface area (Å²) in [6, 6.07) is 2.98. The third-order valence-electron chi connectivity index (χ3n) is 3.46. The van der Waals surface area contributed by atoms with Gasteiger partial charge in [-0.05, 0) is 61.3 Å². The Hall–Kier alpha value is 0.1000. The first-order valence-electron chi connectivity index (χ1n) is 6.39. The lowest BCUT2D eigenvalue weighted by Gasteiger charge is -2.39. The summed E-state index contributed by atoms with van der Waals surface area (Å²) in [5.74, 6) is 0. The molecule has 0 radical (unpaired) electrons. The molecule has 2 N–H and O–H groups in total. The Morgan fingerprint density at radius 2 is 2.35 bits per heavy atom. The highest BCUT2D eigenvalue weighted by atomic mass is 79.9. The van der Waals surface area contributed by atoms with Gasteiger partial charge in [0.05, 0.1) is 6.04 Å². The SMILES string of the molecule is CCCN1CCCC(N)C1c1cc(Br)c(C)s1. The zero-order chi connectivity index (χ0) is 12.4. The summed E-state index contributed by atoms with van der Waals surface area (Å²) in [5, 5.41) is 0. The van der Waals surface area contributed by atoms with Crippen molar-refractivity contribution in [3.63, 3.8) is 0 Å². The minimum atomic E-state index is 0.292. The minimum Gasteiger partial charge on any atom is -0.326 e. The van der Waals surface area contributed by atoms with Crippen LogP contribution < -0.4 is 5.73 Å². The van der Waals surface area contributed by atoms with Gasteiger partial charge >= 0.3 is 0 Å². The third kappa shape index (κ3) is 2.92. The van der Waals surface area contributed by atoms with Crippen LogP contribution in [0.2, 0.25) is 0 Å². The van der Waals surface area contributed by atoms with Crippen LogP contribution in [0, 0.1) is 6.92 Å². The maximum atomic E-state index is 6.34. The van der Waals surface area contributed by atoms with Crippen LogP contribution in [-0.4, -0.2) is 24.0 Å². The average molecular weight is 317 g/mol. The number of thiophene rings is 1. The number of halogens is 1. The molecular formula is C13H21BrN2S. The Balaban J connectivity index is 2.24. The first-order valence-corrected chi connectivity index (χ1v) is 8.00. The van der Waals surface area contributed by atoms with Crippen LogP contribution in [-0.2, 0) is 0 Å². The fourth-order valence-electron chi connectivity index (χ4n) is 2.65. The van der Waals surface area contributed by atoms with Crippen molar-refractivity contribution in [2.24, 2.45) is 5.73 Å². The fraction of sp³-hybridized carbons (Fsp3) is 0.692. The lowest BCUT2D eigenvalue weighted by Crippen LogP contribution is -2.45. The van der Waals surface area contributed by atoms with Crippen LogP contribution in [0.4, 0.5) is 0 Å². The van der Waals surface area contributed by atoms with Crippen LogP contribution in [0.25, 0.3) is 0 Å². The Labute approximate surface area is 116 Å². The van der Waals surface area contributed by atoms with Gasteiger partial charge in [0.2, 0.25) is 0 Å². The molecule has 1 aromatic rings. The molecule has 1 fully saturated rings. The van der Waals surface area contributed by atoms with Crippen LogP contribution >= 0.6 is 27.3 Å². The van der Waals surface area contributed by atoms with Gasteiger partial charge in [0.25, 0.3) is 0 Å². The summed E-state index contributed by atoms with van der Waals surface area (Å²) >= 11 is 5.50. The molecule has 1 aromatic heterocycles. The van der Waals surface area contributed by atoms with E-state index < -0.39 is 0 Å². The van der Waals surface area contributed by atoms with E-state index >= 15 is 0 Å². The van der Waals surface area contributed by atoms with Crippen LogP contribution in [0.5, 0.6) is 0 Å². The van der Waals surface area contributed by atoms with Gasteiger partial charge in [-0.3, -0.25) is 4.90 Å². The predicted molar refractivity (Wildman–Crippen MR) is 78.6 cm³/mol. The second-order valence-electron chi connectivity index (χ2n) is 4.84. The topological polar surface area (TPSA) is 29.3 Å². The number of rotatable bonds is 3. The highest BCUT2D eigenvalue weighted by molar-refractivity contribution is 9.10. The van der Waals surface area contributed by atoms with Crippen molar-refractivity contribution in [2.75, 3.05) is 13.1 Å². The molecule has 1 aliphatic rings. The summed E-state index contributed by atoms with van der Waals surface area (Å²) < 4.78 is 1.23. The van der Waals surface area contributed by atoms with Crippen LogP contribution in [0.3, 0.4) is 0 Å². The summed E-state index contributed by atoms with van der Waals surface area (Å²) in [5.41, 5.74) is 6.34. The van der Waals surface area contributed by atoms with Crippen molar-refractivity contribution < 1.29 is 0 Å². The normalized spacial score (nSPS) is 26.4. The average Bonchev–Trinajstić information content (AvgIpc) is 2.59. The minimum absolute atomic E-state index is 0.292. The number of nitrogens with zero attached hydrogens (tertiary/aromatic N) is 1. The fourth-order valence-corrected chi connectivity index (χ4v) is 4.43. The molecule has 0 saturated carbocycles. The molecule has 2 rings (SSSR count). The van der Waals surface area contributed by atoms with Gasteiger partial charge in [-0.25, -0.2) is 0 Å². The Morgan fingerprint density at radius 3 is 2.94 bits per heavy atom. The molecule has 1 aliphatic heterocycles. The molecule has 96 valence electrons. The molecule has 2 heterocycles. The standard InChI is InChI=1S/C13H21BrN2S/c1-3-6-16-7-4-5-11(15)13(16)12-8-10(14)9(2)17-12/h8,11,13H,3-7,15H2,1-2H3. The lowest BCUT2D eigenvalue weighted by atomic mass is 9.95. The van der Waals surface area contributed by atoms with Gasteiger partial charge in [0.15, 0.2) is 0 Å². The molecule has 4 heteroatoms. The van der Waals surface area contributed by atoms with Crippen molar-refractivity contribution in [1.29, 1.82) is 0 Å². The van der Waals surface area contributed by atoms with Gasteiger partial charge in [-0.15, -0.1) is 11.3 Å². The number of likely N-dealkylation sites (tertiary alicyclic amines) is 1. The van der Waals surface area contributed by atoms with E-state index in [2.05, 4.69) is 40.7 Å².